The zero-order valence-corrected chi connectivity index (χ0v) is 10.3. The number of rotatable bonds is 3. The molecular formula is C11H14ClN3O2. The molecule has 0 fully saturated rings. The number of carbonyl (C=O) groups excluding carboxylic acids is 2. The van der Waals surface area contributed by atoms with Crippen LogP contribution in [-0.2, 0) is 4.79 Å². The van der Waals surface area contributed by atoms with Crippen LogP contribution in [0.3, 0.4) is 0 Å². The van der Waals surface area contributed by atoms with E-state index in [2.05, 4.69) is 10.6 Å². The van der Waals surface area contributed by atoms with Crippen LogP contribution in [0, 0.1) is 0 Å². The molecule has 0 aromatic heterocycles. The fourth-order valence-corrected chi connectivity index (χ4v) is 1.37. The van der Waals surface area contributed by atoms with E-state index in [1.54, 1.807) is 19.1 Å². The van der Waals surface area contributed by atoms with Crippen LogP contribution in [0.2, 0.25) is 5.02 Å². The summed E-state index contributed by atoms with van der Waals surface area (Å²) in [5, 5.41) is 5.46. The molecule has 1 aromatic carbocycles. The van der Waals surface area contributed by atoms with Crippen LogP contribution >= 0.6 is 11.6 Å². The Bertz CT molecular complexity index is 446. The highest BCUT2D eigenvalue weighted by atomic mass is 35.5. The van der Waals surface area contributed by atoms with Crippen molar-refractivity contribution in [3.8, 4) is 0 Å². The Labute approximate surface area is 104 Å². The maximum Gasteiger partial charge on any atom is 0.253 e. The lowest BCUT2D eigenvalue weighted by Crippen LogP contribution is -2.33. The maximum atomic E-state index is 11.6. The highest BCUT2D eigenvalue weighted by molar-refractivity contribution is 6.31. The summed E-state index contributed by atoms with van der Waals surface area (Å²) in [5.74, 6) is -0.690. The maximum absolute atomic E-state index is 11.6. The van der Waals surface area contributed by atoms with Crippen molar-refractivity contribution in [3.63, 3.8) is 0 Å². The lowest BCUT2D eigenvalue weighted by atomic mass is 10.1. The van der Waals surface area contributed by atoms with Crippen molar-refractivity contribution in [1.82, 2.24) is 5.32 Å². The smallest absolute Gasteiger partial charge is 0.253 e. The van der Waals surface area contributed by atoms with Crippen LogP contribution in [0.15, 0.2) is 18.2 Å². The first kappa shape index (κ1) is 13.5. The van der Waals surface area contributed by atoms with Crippen molar-refractivity contribution in [1.29, 1.82) is 0 Å². The number of amides is 2. The molecule has 0 aliphatic carbocycles. The van der Waals surface area contributed by atoms with Crippen LogP contribution in [0.25, 0.3) is 0 Å². The first-order valence-corrected chi connectivity index (χ1v) is 5.41. The number of hydrogen-bond acceptors (Lipinski definition) is 3. The minimum atomic E-state index is -0.650. The Balaban J connectivity index is 3.06. The third kappa shape index (κ3) is 3.44. The van der Waals surface area contributed by atoms with E-state index >= 15 is 0 Å². The molecule has 0 aliphatic rings. The zero-order chi connectivity index (χ0) is 13.0. The standard InChI is InChI=1S/C11H14ClN3O2/c1-6(13)10(16)15-9-4-3-7(12)5-8(9)11(17)14-2/h3-6H,13H2,1-2H3,(H,14,17)(H,15,16)/t6-/m0/s1. The Morgan fingerprint density at radius 3 is 2.59 bits per heavy atom. The minimum Gasteiger partial charge on any atom is -0.355 e. The molecule has 17 heavy (non-hydrogen) atoms. The number of hydrogen-bond donors (Lipinski definition) is 3. The van der Waals surface area contributed by atoms with E-state index in [9.17, 15) is 9.59 Å². The van der Waals surface area contributed by atoms with Gasteiger partial charge in [-0.1, -0.05) is 11.6 Å². The average Bonchev–Trinajstić information content (AvgIpc) is 2.30. The van der Waals surface area contributed by atoms with Crippen molar-refractivity contribution >= 4 is 29.1 Å². The number of anilines is 1. The minimum absolute atomic E-state index is 0.300. The Kier molecular flexibility index (Phi) is 4.48. The van der Waals surface area contributed by atoms with Crippen LogP contribution < -0.4 is 16.4 Å². The SMILES string of the molecule is CNC(=O)c1cc(Cl)ccc1NC(=O)[C@H](C)N. The number of nitrogens with two attached hydrogens (primary N) is 1. The predicted octanol–water partition coefficient (Wildman–Crippen LogP) is 0.985. The normalized spacial score (nSPS) is 11.8. The summed E-state index contributed by atoms with van der Waals surface area (Å²) in [7, 11) is 1.50. The highest BCUT2D eigenvalue weighted by Crippen LogP contribution is 2.20. The third-order valence-electron chi connectivity index (χ3n) is 2.12. The fraction of sp³-hybridized carbons (Fsp3) is 0.273. The first-order valence-electron chi connectivity index (χ1n) is 5.03. The van der Waals surface area contributed by atoms with Gasteiger partial charge in [0, 0.05) is 12.1 Å². The second-order valence-corrected chi connectivity index (χ2v) is 3.98. The van der Waals surface area contributed by atoms with Crippen molar-refractivity contribution < 1.29 is 9.59 Å². The van der Waals surface area contributed by atoms with Crippen LogP contribution in [0.4, 0.5) is 5.69 Å². The number of benzene rings is 1. The van der Waals surface area contributed by atoms with Gasteiger partial charge in [-0.15, -0.1) is 0 Å². The van der Waals surface area contributed by atoms with Crippen LogP contribution in [-0.4, -0.2) is 24.9 Å². The van der Waals surface area contributed by atoms with Gasteiger partial charge in [-0.2, -0.15) is 0 Å². The van der Waals surface area contributed by atoms with Crippen LogP contribution in [0.5, 0.6) is 0 Å². The molecule has 92 valence electrons. The molecule has 1 atom stereocenters. The van der Waals surface area contributed by atoms with Crippen molar-refractivity contribution in [3.05, 3.63) is 28.8 Å². The van der Waals surface area contributed by atoms with Gasteiger partial charge in [0.2, 0.25) is 5.91 Å². The van der Waals surface area contributed by atoms with Crippen LogP contribution in [0.1, 0.15) is 17.3 Å². The van der Waals surface area contributed by atoms with Crippen molar-refractivity contribution in [2.45, 2.75) is 13.0 Å². The fourth-order valence-electron chi connectivity index (χ4n) is 1.19. The van der Waals surface area contributed by atoms with Gasteiger partial charge in [-0.3, -0.25) is 9.59 Å². The van der Waals surface area contributed by atoms with Crippen molar-refractivity contribution in [2.75, 3.05) is 12.4 Å². The Hall–Kier alpha value is -1.59. The predicted molar refractivity (Wildman–Crippen MR) is 67.1 cm³/mol. The van der Waals surface area contributed by atoms with E-state index in [1.807, 2.05) is 0 Å². The molecule has 0 saturated heterocycles. The lowest BCUT2D eigenvalue weighted by Gasteiger charge is -2.12. The average molecular weight is 256 g/mol. The topological polar surface area (TPSA) is 84.2 Å². The molecule has 1 rings (SSSR count). The summed E-state index contributed by atoms with van der Waals surface area (Å²) in [6.07, 6.45) is 0. The van der Waals surface area contributed by atoms with E-state index in [-0.39, 0.29) is 11.8 Å². The highest BCUT2D eigenvalue weighted by Gasteiger charge is 2.14. The molecule has 0 unspecified atom stereocenters. The summed E-state index contributed by atoms with van der Waals surface area (Å²) in [4.78, 5) is 23.0. The quantitative estimate of drug-likeness (QED) is 0.753. The number of carbonyl (C=O) groups is 2. The Morgan fingerprint density at radius 2 is 2.06 bits per heavy atom. The Morgan fingerprint density at radius 1 is 1.41 bits per heavy atom. The summed E-state index contributed by atoms with van der Waals surface area (Å²) in [6, 6.07) is 3.98. The van der Waals surface area contributed by atoms with E-state index < -0.39 is 6.04 Å². The summed E-state index contributed by atoms with van der Waals surface area (Å²) in [5.41, 5.74) is 6.12. The van der Waals surface area contributed by atoms with Gasteiger partial charge < -0.3 is 16.4 Å². The summed E-state index contributed by atoms with van der Waals surface area (Å²) < 4.78 is 0. The first-order chi connectivity index (χ1) is 7.95. The summed E-state index contributed by atoms with van der Waals surface area (Å²) >= 11 is 5.80. The van der Waals surface area contributed by atoms with Gasteiger partial charge in [0.1, 0.15) is 0 Å². The number of halogens is 1. The molecule has 0 bridgehead atoms. The monoisotopic (exact) mass is 255 g/mol. The van der Waals surface area contributed by atoms with Gasteiger partial charge >= 0.3 is 0 Å². The molecule has 0 spiro atoms. The molecule has 0 radical (unpaired) electrons. The third-order valence-corrected chi connectivity index (χ3v) is 2.36. The molecule has 5 nitrogen and oxygen atoms in total. The second kappa shape index (κ2) is 5.65. The molecule has 0 heterocycles. The number of nitrogens with one attached hydrogen (secondary N) is 2. The summed E-state index contributed by atoms with van der Waals surface area (Å²) in [6.45, 7) is 1.56. The molecule has 4 N–H and O–H groups in total. The van der Waals surface area contributed by atoms with Gasteiger partial charge in [-0.25, -0.2) is 0 Å². The molecule has 0 saturated carbocycles. The van der Waals surface area contributed by atoms with Gasteiger partial charge in [0.05, 0.1) is 17.3 Å². The lowest BCUT2D eigenvalue weighted by molar-refractivity contribution is -0.117. The molecular weight excluding hydrogens is 242 g/mol. The molecule has 0 aliphatic heterocycles. The molecule has 2 amide bonds. The second-order valence-electron chi connectivity index (χ2n) is 3.55. The van der Waals surface area contributed by atoms with E-state index in [1.165, 1.54) is 13.1 Å². The van der Waals surface area contributed by atoms with Gasteiger partial charge in [0.15, 0.2) is 0 Å². The van der Waals surface area contributed by atoms with Gasteiger partial charge in [-0.05, 0) is 25.1 Å². The largest absolute Gasteiger partial charge is 0.355 e. The van der Waals surface area contributed by atoms with E-state index in [0.29, 0.717) is 16.3 Å². The van der Waals surface area contributed by atoms with E-state index in [0.717, 1.165) is 0 Å². The van der Waals surface area contributed by atoms with Gasteiger partial charge in [0.25, 0.3) is 5.91 Å². The molecule has 6 heteroatoms. The zero-order valence-electron chi connectivity index (χ0n) is 9.58. The van der Waals surface area contributed by atoms with Crippen molar-refractivity contribution in [2.24, 2.45) is 5.73 Å². The molecule has 1 aromatic rings. The van der Waals surface area contributed by atoms with E-state index in [4.69, 9.17) is 17.3 Å².